The first-order valence-electron chi connectivity index (χ1n) is 5.66. The van der Waals surface area contributed by atoms with Crippen molar-refractivity contribution in [1.82, 2.24) is 9.78 Å². The molecule has 0 aliphatic rings. The third-order valence-corrected chi connectivity index (χ3v) is 2.63. The highest BCUT2D eigenvalue weighted by Gasteiger charge is 2.13. The molecule has 0 radical (unpaired) electrons. The highest BCUT2D eigenvalue weighted by Crippen LogP contribution is 2.10. The minimum absolute atomic E-state index is 0.248. The zero-order valence-corrected chi connectivity index (χ0v) is 10.4. The molecule has 0 spiro atoms. The molecule has 2 N–H and O–H groups in total. The topological polar surface area (TPSA) is 60.9 Å². The zero-order chi connectivity index (χ0) is 12.2. The van der Waals surface area contributed by atoms with Gasteiger partial charge in [0.1, 0.15) is 5.78 Å². The van der Waals surface area contributed by atoms with Gasteiger partial charge in [0.05, 0.1) is 0 Å². The van der Waals surface area contributed by atoms with Gasteiger partial charge in [0.2, 0.25) is 0 Å². The van der Waals surface area contributed by atoms with Crippen molar-refractivity contribution in [2.45, 2.75) is 45.1 Å². The van der Waals surface area contributed by atoms with E-state index in [0.717, 1.165) is 18.5 Å². The van der Waals surface area contributed by atoms with Crippen molar-refractivity contribution in [3.05, 3.63) is 18.0 Å². The molecule has 0 saturated carbocycles. The summed E-state index contributed by atoms with van der Waals surface area (Å²) in [6.07, 6.45) is 4.41. The first kappa shape index (κ1) is 12.9. The Morgan fingerprint density at radius 1 is 1.50 bits per heavy atom. The van der Waals surface area contributed by atoms with Crippen molar-refractivity contribution in [2.24, 2.45) is 12.8 Å². The first-order chi connectivity index (χ1) is 7.38. The average molecular weight is 223 g/mol. The normalized spacial score (nSPS) is 11.8. The summed E-state index contributed by atoms with van der Waals surface area (Å²) in [7, 11) is 1.89. The fraction of sp³-hybridized carbons (Fsp3) is 0.667. The Bertz CT molecular complexity index is 349. The van der Waals surface area contributed by atoms with Crippen molar-refractivity contribution in [3.63, 3.8) is 0 Å². The van der Waals surface area contributed by atoms with E-state index in [1.165, 1.54) is 0 Å². The van der Waals surface area contributed by atoms with Crippen molar-refractivity contribution in [1.29, 1.82) is 0 Å². The number of carbonyl (C=O) groups excluding carboxylic acids is 1. The molecule has 1 aromatic rings. The van der Waals surface area contributed by atoms with E-state index in [1.807, 2.05) is 27.0 Å². The van der Waals surface area contributed by atoms with Crippen molar-refractivity contribution < 1.29 is 4.79 Å². The molecule has 1 heterocycles. The Labute approximate surface area is 96.8 Å². The fourth-order valence-corrected chi connectivity index (χ4v) is 1.50. The second-order valence-electron chi connectivity index (χ2n) is 4.97. The van der Waals surface area contributed by atoms with Gasteiger partial charge in [-0.2, -0.15) is 5.10 Å². The van der Waals surface area contributed by atoms with Crippen LogP contribution in [0, 0.1) is 0 Å². The average Bonchev–Trinajstić information content (AvgIpc) is 2.57. The van der Waals surface area contributed by atoms with E-state index < -0.39 is 0 Å². The molecule has 0 fully saturated rings. The van der Waals surface area contributed by atoms with Crippen LogP contribution in [0.25, 0.3) is 0 Å². The molecule has 0 saturated heterocycles. The summed E-state index contributed by atoms with van der Waals surface area (Å²) in [4.78, 5) is 11.6. The highest BCUT2D eigenvalue weighted by molar-refractivity contribution is 5.78. The Morgan fingerprint density at radius 3 is 2.69 bits per heavy atom. The lowest BCUT2D eigenvalue weighted by atomic mass is 9.97. The number of aromatic nitrogens is 2. The highest BCUT2D eigenvalue weighted by atomic mass is 16.1. The summed E-state index contributed by atoms with van der Waals surface area (Å²) >= 11 is 0. The summed E-state index contributed by atoms with van der Waals surface area (Å²) in [6, 6.07) is 1.94. The number of rotatable bonds is 6. The molecule has 0 bridgehead atoms. The van der Waals surface area contributed by atoms with Gasteiger partial charge in [-0.15, -0.1) is 0 Å². The van der Waals surface area contributed by atoms with Crippen LogP contribution in [0.1, 0.15) is 38.8 Å². The van der Waals surface area contributed by atoms with Crippen LogP contribution in [-0.2, 0) is 18.3 Å². The van der Waals surface area contributed by atoms with Crippen LogP contribution in [0.4, 0.5) is 0 Å². The molecule has 4 heteroatoms. The SMILES string of the molecule is Cn1nccc1CCC(=O)CCC(C)(C)N. The molecule has 0 aliphatic carbocycles. The molecule has 0 unspecified atom stereocenters. The quantitative estimate of drug-likeness (QED) is 0.793. The van der Waals surface area contributed by atoms with Gasteiger partial charge in [0, 0.05) is 37.3 Å². The molecule has 4 nitrogen and oxygen atoms in total. The van der Waals surface area contributed by atoms with E-state index in [4.69, 9.17) is 5.73 Å². The number of hydrogen-bond acceptors (Lipinski definition) is 3. The van der Waals surface area contributed by atoms with Gasteiger partial charge in [0.25, 0.3) is 0 Å². The number of carbonyl (C=O) groups is 1. The van der Waals surface area contributed by atoms with Crippen molar-refractivity contribution in [3.8, 4) is 0 Å². The van der Waals surface area contributed by atoms with Crippen LogP contribution in [0.5, 0.6) is 0 Å². The van der Waals surface area contributed by atoms with Gasteiger partial charge >= 0.3 is 0 Å². The van der Waals surface area contributed by atoms with Crippen LogP contribution in [-0.4, -0.2) is 21.1 Å². The van der Waals surface area contributed by atoms with Crippen LogP contribution >= 0.6 is 0 Å². The van der Waals surface area contributed by atoms with Gasteiger partial charge in [-0.3, -0.25) is 9.48 Å². The van der Waals surface area contributed by atoms with Crippen LogP contribution in [0.15, 0.2) is 12.3 Å². The fourth-order valence-electron chi connectivity index (χ4n) is 1.50. The maximum Gasteiger partial charge on any atom is 0.133 e. The molecule has 0 aliphatic heterocycles. The number of hydrogen-bond donors (Lipinski definition) is 1. The Kier molecular flexibility index (Phi) is 4.24. The molecule has 1 rings (SSSR count). The molecule has 1 aromatic heterocycles. The monoisotopic (exact) mass is 223 g/mol. The van der Waals surface area contributed by atoms with E-state index in [2.05, 4.69) is 5.10 Å². The van der Waals surface area contributed by atoms with Gasteiger partial charge in [0.15, 0.2) is 0 Å². The van der Waals surface area contributed by atoms with Crippen molar-refractivity contribution >= 4 is 5.78 Å². The largest absolute Gasteiger partial charge is 0.326 e. The van der Waals surface area contributed by atoms with Gasteiger partial charge in [-0.1, -0.05) is 0 Å². The van der Waals surface area contributed by atoms with Crippen LogP contribution in [0.3, 0.4) is 0 Å². The molecular weight excluding hydrogens is 202 g/mol. The van der Waals surface area contributed by atoms with E-state index in [1.54, 1.807) is 10.9 Å². The lowest BCUT2D eigenvalue weighted by Crippen LogP contribution is -2.32. The Morgan fingerprint density at radius 2 is 2.19 bits per heavy atom. The van der Waals surface area contributed by atoms with E-state index in [9.17, 15) is 4.79 Å². The molecule has 0 atom stereocenters. The third kappa shape index (κ3) is 4.57. The number of Topliss-reactive ketones (excluding diaryl/α,β-unsaturated/α-hetero) is 1. The Balaban J connectivity index is 2.29. The minimum Gasteiger partial charge on any atom is -0.326 e. The number of nitrogens with zero attached hydrogens (tertiary/aromatic N) is 2. The summed E-state index contributed by atoms with van der Waals surface area (Å²) in [5.41, 5.74) is 6.68. The summed E-state index contributed by atoms with van der Waals surface area (Å²) in [5.74, 6) is 0.278. The van der Waals surface area contributed by atoms with Crippen molar-refractivity contribution in [2.75, 3.05) is 0 Å². The van der Waals surface area contributed by atoms with E-state index in [0.29, 0.717) is 12.8 Å². The lowest BCUT2D eigenvalue weighted by Gasteiger charge is -2.17. The predicted octanol–water partition coefficient (Wildman–Crippen LogP) is 1.44. The minimum atomic E-state index is -0.248. The number of aryl methyl sites for hydroxylation is 2. The van der Waals surface area contributed by atoms with E-state index >= 15 is 0 Å². The Hall–Kier alpha value is -1.16. The summed E-state index contributed by atoms with van der Waals surface area (Å²) < 4.78 is 1.81. The summed E-state index contributed by atoms with van der Waals surface area (Å²) in [5, 5.41) is 4.07. The second kappa shape index (κ2) is 5.25. The molecule has 0 amide bonds. The maximum atomic E-state index is 11.6. The second-order valence-corrected chi connectivity index (χ2v) is 4.97. The molecular formula is C12H21N3O. The van der Waals surface area contributed by atoms with E-state index in [-0.39, 0.29) is 11.3 Å². The van der Waals surface area contributed by atoms with Gasteiger partial charge in [-0.25, -0.2) is 0 Å². The van der Waals surface area contributed by atoms with Gasteiger partial charge in [-0.05, 0) is 32.8 Å². The molecule has 0 aromatic carbocycles. The van der Waals surface area contributed by atoms with Crippen LogP contribution < -0.4 is 5.73 Å². The maximum absolute atomic E-state index is 11.6. The predicted molar refractivity (Wildman–Crippen MR) is 64.0 cm³/mol. The van der Waals surface area contributed by atoms with Crippen LogP contribution in [0.2, 0.25) is 0 Å². The first-order valence-corrected chi connectivity index (χ1v) is 5.66. The standard InChI is InChI=1S/C12H21N3O/c1-12(2,13)8-6-11(16)5-4-10-7-9-14-15(10)3/h7,9H,4-6,8,13H2,1-3H3. The smallest absolute Gasteiger partial charge is 0.133 e. The summed E-state index contributed by atoms with van der Waals surface area (Å²) in [6.45, 7) is 3.89. The third-order valence-electron chi connectivity index (χ3n) is 2.63. The zero-order valence-electron chi connectivity index (χ0n) is 10.4. The molecule has 90 valence electrons. The molecule has 16 heavy (non-hydrogen) atoms. The lowest BCUT2D eigenvalue weighted by molar-refractivity contribution is -0.119. The number of nitrogens with two attached hydrogens (primary N) is 1. The number of ketones is 1. The van der Waals surface area contributed by atoms with Gasteiger partial charge < -0.3 is 5.73 Å².